The van der Waals surface area contributed by atoms with Crippen LogP contribution in [0.25, 0.3) is 10.1 Å². The summed E-state index contributed by atoms with van der Waals surface area (Å²) >= 11 is 1.45. The second-order valence-electron chi connectivity index (χ2n) is 4.51. The minimum atomic E-state index is -0.481. The molecule has 0 bridgehead atoms. The number of rotatable bonds is 3. The number of halogens is 2. The molecule has 1 heterocycles. The molecule has 0 spiro atoms. The molecule has 4 heteroatoms. The molecule has 0 radical (unpaired) electrons. The average Bonchev–Trinajstić information content (AvgIpc) is 3.03. The highest BCUT2D eigenvalue weighted by Gasteiger charge is 2.30. The lowest BCUT2D eigenvalue weighted by Gasteiger charge is -2.01. The number of hydrogen-bond donors (Lipinski definition) is 1. The van der Waals surface area contributed by atoms with Crippen LogP contribution < -0.4 is 5.32 Å². The molecule has 1 nitrogen and oxygen atoms in total. The van der Waals surface area contributed by atoms with Crippen molar-refractivity contribution in [2.45, 2.75) is 25.3 Å². The smallest absolute Gasteiger partial charge is 0.143 e. The lowest BCUT2D eigenvalue weighted by molar-refractivity contribution is 0.593. The van der Waals surface area contributed by atoms with E-state index in [0.29, 0.717) is 10.6 Å². The first kappa shape index (κ1) is 11.1. The van der Waals surface area contributed by atoms with E-state index in [0.717, 1.165) is 41.3 Å². The van der Waals surface area contributed by atoms with Gasteiger partial charge in [0.15, 0.2) is 0 Å². The Hall–Kier alpha value is -1.00. The Bertz CT molecular complexity index is 572. The Balaban J connectivity index is 2.26. The van der Waals surface area contributed by atoms with Crippen molar-refractivity contribution in [3.63, 3.8) is 0 Å². The van der Waals surface area contributed by atoms with Crippen LogP contribution in [0.2, 0.25) is 0 Å². The van der Waals surface area contributed by atoms with E-state index in [1.165, 1.54) is 17.4 Å². The van der Waals surface area contributed by atoms with Gasteiger partial charge in [-0.1, -0.05) is 0 Å². The summed E-state index contributed by atoms with van der Waals surface area (Å²) < 4.78 is 27.6. The molecule has 0 atom stereocenters. The summed E-state index contributed by atoms with van der Waals surface area (Å²) in [7, 11) is 1.87. The maximum Gasteiger partial charge on any atom is 0.143 e. The van der Waals surface area contributed by atoms with Gasteiger partial charge in [-0.05, 0) is 37.4 Å². The van der Waals surface area contributed by atoms with Gasteiger partial charge in [0.1, 0.15) is 11.6 Å². The number of hydrogen-bond acceptors (Lipinski definition) is 2. The third-order valence-corrected chi connectivity index (χ3v) is 4.38. The molecular formula is C13H13F2NS. The number of fused-ring (bicyclic) bond motifs is 1. The first-order chi connectivity index (χ1) is 8.20. The molecular weight excluding hydrogens is 240 g/mol. The van der Waals surface area contributed by atoms with Crippen molar-refractivity contribution in [3.05, 3.63) is 34.2 Å². The fourth-order valence-electron chi connectivity index (χ4n) is 2.30. The molecule has 1 N–H and O–H groups in total. The van der Waals surface area contributed by atoms with Gasteiger partial charge in [-0.3, -0.25) is 0 Å². The molecule has 17 heavy (non-hydrogen) atoms. The van der Waals surface area contributed by atoms with Crippen LogP contribution in [-0.4, -0.2) is 7.05 Å². The van der Waals surface area contributed by atoms with Crippen molar-refractivity contribution in [2.75, 3.05) is 7.05 Å². The molecule has 2 aromatic rings. The molecule has 1 aromatic heterocycles. The van der Waals surface area contributed by atoms with Crippen LogP contribution in [-0.2, 0) is 6.54 Å². The summed E-state index contributed by atoms with van der Waals surface area (Å²) in [5.74, 6) is -0.409. The molecule has 1 aliphatic carbocycles. The fraction of sp³-hybridized carbons (Fsp3) is 0.385. The van der Waals surface area contributed by atoms with Gasteiger partial charge in [-0.25, -0.2) is 8.78 Å². The van der Waals surface area contributed by atoms with Crippen LogP contribution >= 0.6 is 11.3 Å². The predicted molar refractivity (Wildman–Crippen MR) is 66.5 cm³/mol. The molecule has 0 saturated heterocycles. The van der Waals surface area contributed by atoms with Gasteiger partial charge in [0.2, 0.25) is 0 Å². The van der Waals surface area contributed by atoms with Crippen molar-refractivity contribution in [1.82, 2.24) is 5.32 Å². The Kier molecular flexibility index (Phi) is 2.64. The normalized spacial score (nSPS) is 15.7. The summed E-state index contributed by atoms with van der Waals surface area (Å²) in [5, 5.41) is 3.87. The molecule has 1 aliphatic rings. The Morgan fingerprint density at radius 2 is 2.12 bits per heavy atom. The standard InChI is InChI=1S/C13H13F2NS/c1-16-6-11-12(7-2-3-7)9-4-8(14)5-10(15)13(9)17-11/h4-5,7,16H,2-3,6H2,1H3. The van der Waals surface area contributed by atoms with Crippen LogP contribution in [0, 0.1) is 11.6 Å². The Morgan fingerprint density at radius 3 is 2.76 bits per heavy atom. The largest absolute Gasteiger partial charge is 0.315 e. The zero-order valence-electron chi connectivity index (χ0n) is 9.52. The topological polar surface area (TPSA) is 12.0 Å². The summed E-state index contributed by atoms with van der Waals surface area (Å²) in [4.78, 5) is 1.15. The van der Waals surface area contributed by atoms with Crippen molar-refractivity contribution < 1.29 is 8.78 Å². The molecule has 1 aromatic carbocycles. The predicted octanol–water partition coefficient (Wildman–Crippen LogP) is 3.78. The molecule has 90 valence electrons. The molecule has 1 fully saturated rings. The quantitative estimate of drug-likeness (QED) is 0.877. The van der Waals surface area contributed by atoms with E-state index < -0.39 is 11.6 Å². The molecule has 1 saturated carbocycles. The minimum Gasteiger partial charge on any atom is -0.315 e. The van der Waals surface area contributed by atoms with Crippen molar-refractivity contribution in [2.24, 2.45) is 0 Å². The van der Waals surface area contributed by atoms with Crippen LogP contribution in [0.15, 0.2) is 12.1 Å². The van der Waals surface area contributed by atoms with Crippen molar-refractivity contribution in [3.8, 4) is 0 Å². The molecule has 3 rings (SSSR count). The Morgan fingerprint density at radius 1 is 1.35 bits per heavy atom. The van der Waals surface area contributed by atoms with Gasteiger partial charge in [-0.2, -0.15) is 0 Å². The number of benzene rings is 1. The second-order valence-corrected chi connectivity index (χ2v) is 5.61. The van der Waals surface area contributed by atoms with Crippen molar-refractivity contribution >= 4 is 21.4 Å². The van der Waals surface area contributed by atoms with Crippen LogP contribution in [0.1, 0.15) is 29.2 Å². The van der Waals surface area contributed by atoms with Gasteiger partial charge >= 0.3 is 0 Å². The third kappa shape index (κ3) is 1.85. The Labute approximate surface area is 102 Å². The zero-order valence-corrected chi connectivity index (χ0v) is 10.3. The average molecular weight is 253 g/mol. The first-order valence-corrected chi connectivity index (χ1v) is 6.57. The van der Waals surface area contributed by atoms with Crippen LogP contribution in [0.4, 0.5) is 8.78 Å². The van der Waals surface area contributed by atoms with E-state index in [1.807, 2.05) is 7.05 Å². The van der Waals surface area contributed by atoms with E-state index >= 15 is 0 Å². The molecule has 0 amide bonds. The maximum absolute atomic E-state index is 13.7. The molecule has 0 aliphatic heterocycles. The second kappa shape index (κ2) is 4.03. The first-order valence-electron chi connectivity index (χ1n) is 5.75. The van der Waals surface area contributed by atoms with E-state index in [-0.39, 0.29) is 0 Å². The SMILES string of the molecule is CNCc1sc2c(F)cc(F)cc2c1C1CC1. The summed E-state index contributed by atoms with van der Waals surface area (Å²) in [5.41, 5.74) is 1.16. The minimum absolute atomic E-state index is 0.436. The maximum atomic E-state index is 13.7. The van der Waals surface area contributed by atoms with Gasteiger partial charge in [-0.15, -0.1) is 11.3 Å². The summed E-state index contributed by atoms with van der Waals surface area (Å²) in [6.07, 6.45) is 2.28. The lowest BCUT2D eigenvalue weighted by atomic mass is 10.1. The summed E-state index contributed by atoms with van der Waals surface area (Å²) in [6.45, 7) is 0.728. The van der Waals surface area contributed by atoms with E-state index in [9.17, 15) is 8.78 Å². The van der Waals surface area contributed by atoms with E-state index in [2.05, 4.69) is 5.32 Å². The molecule has 0 unspecified atom stereocenters. The highest BCUT2D eigenvalue weighted by atomic mass is 32.1. The zero-order chi connectivity index (χ0) is 12.0. The van der Waals surface area contributed by atoms with E-state index in [1.54, 1.807) is 0 Å². The fourth-order valence-corrected chi connectivity index (χ4v) is 3.59. The number of thiophene rings is 1. The third-order valence-electron chi connectivity index (χ3n) is 3.15. The lowest BCUT2D eigenvalue weighted by Crippen LogP contribution is -2.04. The van der Waals surface area contributed by atoms with Crippen LogP contribution in [0.5, 0.6) is 0 Å². The van der Waals surface area contributed by atoms with Crippen molar-refractivity contribution in [1.29, 1.82) is 0 Å². The van der Waals surface area contributed by atoms with Gasteiger partial charge < -0.3 is 5.32 Å². The highest BCUT2D eigenvalue weighted by molar-refractivity contribution is 7.19. The van der Waals surface area contributed by atoms with Gasteiger partial charge in [0, 0.05) is 22.9 Å². The van der Waals surface area contributed by atoms with Gasteiger partial charge in [0.05, 0.1) is 4.70 Å². The number of nitrogens with one attached hydrogen (secondary N) is 1. The highest BCUT2D eigenvalue weighted by Crippen LogP contribution is 2.48. The summed E-state index contributed by atoms with van der Waals surface area (Å²) in [6, 6.07) is 2.44. The van der Waals surface area contributed by atoms with Gasteiger partial charge in [0.25, 0.3) is 0 Å². The monoisotopic (exact) mass is 253 g/mol. The van der Waals surface area contributed by atoms with Crippen LogP contribution in [0.3, 0.4) is 0 Å². The van der Waals surface area contributed by atoms with E-state index in [4.69, 9.17) is 0 Å².